The lowest BCUT2D eigenvalue weighted by atomic mass is 10.1. The van der Waals surface area contributed by atoms with Crippen LogP contribution in [0, 0.1) is 5.82 Å². The first-order chi connectivity index (χ1) is 9.04. The number of carbonyl (C=O) groups is 1. The maximum absolute atomic E-state index is 13.2. The second-order valence-corrected chi connectivity index (χ2v) is 4.22. The highest BCUT2D eigenvalue weighted by Crippen LogP contribution is 2.17. The number of halogens is 2. The predicted molar refractivity (Wildman–Crippen MR) is 66.9 cm³/mol. The zero-order valence-corrected chi connectivity index (χ0v) is 10.4. The van der Waals surface area contributed by atoms with Gasteiger partial charge in [0.25, 0.3) is 0 Å². The molecule has 2 aromatic rings. The molecule has 1 heterocycles. The van der Waals surface area contributed by atoms with Gasteiger partial charge in [0.2, 0.25) is 0 Å². The van der Waals surface area contributed by atoms with Crippen molar-refractivity contribution in [2.45, 2.75) is 6.61 Å². The van der Waals surface area contributed by atoms with Gasteiger partial charge in [-0.1, -0.05) is 11.6 Å². The molecule has 0 bridgehead atoms. The van der Waals surface area contributed by atoms with Gasteiger partial charge in [-0.15, -0.1) is 0 Å². The smallest absolute Gasteiger partial charge is 0.335 e. The van der Waals surface area contributed by atoms with Crippen molar-refractivity contribution in [3.05, 3.63) is 58.6 Å². The zero-order valence-electron chi connectivity index (χ0n) is 9.64. The number of ether oxygens (including phenoxy) is 1. The minimum atomic E-state index is -1.19. The molecular formula is C13H9ClFNO3. The Kier molecular flexibility index (Phi) is 3.97. The summed E-state index contributed by atoms with van der Waals surface area (Å²) in [7, 11) is 0. The van der Waals surface area contributed by atoms with Crippen LogP contribution in [0.3, 0.4) is 0 Å². The maximum atomic E-state index is 13.2. The van der Waals surface area contributed by atoms with Gasteiger partial charge in [-0.25, -0.2) is 9.18 Å². The Morgan fingerprint density at radius 2 is 2.11 bits per heavy atom. The van der Waals surface area contributed by atoms with Gasteiger partial charge in [0, 0.05) is 12.3 Å². The lowest BCUT2D eigenvalue weighted by Crippen LogP contribution is -2.02. The van der Waals surface area contributed by atoms with Gasteiger partial charge in [-0.2, -0.15) is 0 Å². The molecular weight excluding hydrogens is 273 g/mol. The van der Waals surface area contributed by atoms with Gasteiger partial charge in [-0.3, -0.25) is 4.98 Å². The largest absolute Gasteiger partial charge is 0.487 e. The van der Waals surface area contributed by atoms with Crippen LogP contribution in [0.5, 0.6) is 5.75 Å². The Morgan fingerprint density at radius 3 is 2.79 bits per heavy atom. The molecule has 0 fully saturated rings. The molecule has 0 spiro atoms. The number of aromatic nitrogens is 1. The lowest BCUT2D eigenvalue weighted by molar-refractivity contribution is 0.0696. The summed E-state index contributed by atoms with van der Waals surface area (Å²) in [5, 5.41) is 9.24. The summed E-state index contributed by atoms with van der Waals surface area (Å²) in [4.78, 5) is 14.6. The van der Waals surface area contributed by atoms with E-state index >= 15 is 0 Å². The van der Waals surface area contributed by atoms with Crippen molar-refractivity contribution >= 4 is 17.6 Å². The Labute approximate surface area is 113 Å². The molecule has 98 valence electrons. The van der Waals surface area contributed by atoms with Crippen molar-refractivity contribution in [2.24, 2.45) is 0 Å². The second kappa shape index (κ2) is 5.67. The zero-order chi connectivity index (χ0) is 13.8. The normalized spacial score (nSPS) is 10.2. The van der Waals surface area contributed by atoms with Gasteiger partial charge in [-0.05, 0) is 23.8 Å². The van der Waals surface area contributed by atoms with E-state index in [-0.39, 0.29) is 12.2 Å². The van der Waals surface area contributed by atoms with E-state index in [1.54, 1.807) is 6.07 Å². The molecule has 0 aliphatic heterocycles. The average Bonchev–Trinajstić information content (AvgIpc) is 2.36. The highest BCUT2D eigenvalue weighted by Gasteiger charge is 2.07. The Balaban J connectivity index is 2.13. The number of benzene rings is 1. The van der Waals surface area contributed by atoms with Crippen LogP contribution < -0.4 is 4.74 Å². The third-order valence-electron chi connectivity index (χ3n) is 2.29. The van der Waals surface area contributed by atoms with Gasteiger partial charge in [0.15, 0.2) is 0 Å². The standard InChI is InChI=1S/C13H9ClFNO3/c14-10-4-12(6-16-5-10)19-7-8-1-9(13(17)18)3-11(15)2-8/h1-6H,7H2,(H,17,18). The van der Waals surface area contributed by atoms with E-state index in [1.807, 2.05) is 0 Å². The van der Waals surface area contributed by atoms with Crippen molar-refractivity contribution in [3.63, 3.8) is 0 Å². The molecule has 0 amide bonds. The maximum Gasteiger partial charge on any atom is 0.335 e. The molecule has 0 atom stereocenters. The van der Waals surface area contributed by atoms with E-state index in [9.17, 15) is 9.18 Å². The van der Waals surface area contributed by atoms with E-state index < -0.39 is 11.8 Å². The van der Waals surface area contributed by atoms with E-state index in [4.69, 9.17) is 21.4 Å². The Hall–Kier alpha value is -2.14. The summed E-state index contributed by atoms with van der Waals surface area (Å²) in [6.07, 6.45) is 2.92. The second-order valence-electron chi connectivity index (χ2n) is 3.78. The van der Waals surface area contributed by atoms with Crippen LogP contribution in [0.4, 0.5) is 4.39 Å². The molecule has 0 unspecified atom stereocenters. The summed E-state index contributed by atoms with van der Waals surface area (Å²) in [5.74, 6) is -1.39. The molecule has 0 saturated carbocycles. The van der Waals surface area contributed by atoms with Crippen molar-refractivity contribution in [1.29, 1.82) is 0 Å². The van der Waals surface area contributed by atoms with Gasteiger partial charge < -0.3 is 9.84 Å². The molecule has 0 aliphatic carbocycles. The van der Waals surface area contributed by atoms with E-state index in [0.717, 1.165) is 6.07 Å². The van der Waals surface area contributed by atoms with Crippen molar-refractivity contribution in [2.75, 3.05) is 0 Å². The number of nitrogens with zero attached hydrogens (tertiary/aromatic N) is 1. The number of pyridine rings is 1. The Bertz CT molecular complexity index is 619. The summed E-state index contributed by atoms with van der Waals surface area (Å²) >= 11 is 5.74. The first kappa shape index (κ1) is 13.3. The molecule has 1 aromatic heterocycles. The van der Waals surface area contributed by atoms with Crippen molar-refractivity contribution in [3.8, 4) is 5.75 Å². The third-order valence-corrected chi connectivity index (χ3v) is 2.50. The van der Waals surface area contributed by atoms with Crippen molar-refractivity contribution < 1.29 is 19.0 Å². The number of aromatic carboxylic acids is 1. The molecule has 0 aliphatic rings. The van der Waals surface area contributed by atoms with E-state index in [1.165, 1.54) is 24.5 Å². The van der Waals surface area contributed by atoms with E-state index in [2.05, 4.69) is 4.98 Å². The summed E-state index contributed by atoms with van der Waals surface area (Å²) in [6, 6.07) is 5.08. The molecule has 1 aromatic carbocycles. The van der Waals surface area contributed by atoms with Crippen LogP contribution in [-0.2, 0) is 6.61 Å². The summed E-state index contributed by atoms with van der Waals surface area (Å²) in [5.41, 5.74) is 0.292. The summed E-state index contributed by atoms with van der Waals surface area (Å²) in [6.45, 7) is 0.0278. The number of rotatable bonds is 4. The molecule has 19 heavy (non-hydrogen) atoms. The SMILES string of the molecule is O=C(O)c1cc(F)cc(COc2cncc(Cl)c2)c1. The topological polar surface area (TPSA) is 59.4 Å². The van der Waals surface area contributed by atoms with Gasteiger partial charge >= 0.3 is 5.97 Å². The fraction of sp³-hybridized carbons (Fsp3) is 0.0769. The minimum Gasteiger partial charge on any atom is -0.487 e. The number of hydrogen-bond donors (Lipinski definition) is 1. The van der Waals surface area contributed by atoms with Crippen LogP contribution in [0.2, 0.25) is 5.02 Å². The van der Waals surface area contributed by atoms with Crippen LogP contribution in [0.1, 0.15) is 15.9 Å². The monoisotopic (exact) mass is 281 g/mol. The molecule has 0 radical (unpaired) electrons. The third kappa shape index (κ3) is 3.66. The molecule has 2 rings (SSSR count). The van der Waals surface area contributed by atoms with Crippen LogP contribution in [0.25, 0.3) is 0 Å². The number of hydrogen-bond acceptors (Lipinski definition) is 3. The van der Waals surface area contributed by atoms with Crippen molar-refractivity contribution in [1.82, 2.24) is 4.98 Å². The van der Waals surface area contributed by atoms with Crippen LogP contribution >= 0.6 is 11.6 Å². The Morgan fingerprint density at radius 1 is 1.32 bits per heavy atom. The van der Waals surface area contributed by atoms with Gasteiger partial charge in [0.1, 0.15) is 18.2 Å². The predicted octanol–water partition coefficient (Wildman–Crippen LogP) is 3.15. The molecule has 4 nitrogen and oxygen atoms in total. The number of carboxylic acids is 1. The number of carboxylic acid groups (broad SMARTS) is 1. The average molecular weight is 282 g/mol. The highest BCUT2D eigenvalue weighted by atomic mass is 35.5. The lowest BCUT2D eigenvalue weighted by Gasteiger charge is -2.07. The fourth-order valence-corrected chi connectivity index (χ4v) is 1.66. The first-order valence-electron chi connectivity index (χ1n) is 5.31. The quantitative estimate of drug-likeness (QED) is 0.935. The van der Waals surface area contributed by atoms with Crippen LogP contribution in [0.15, 0.2) is 36.7 Å². The first-order valence-corrected chi connectivity index (χ1v) is 5.68. The van der Waals surface area contributed by atoms with Crippen LogP contribution in [-0.4, -0.2) is 16.1 Å². The minimum absolute atomic E-state index is 0.0278. The van der Waals surface area contributed by atoms with E-state index in [0.29, 0.717) is 16.3 Å². The highest BCUT2D eigenvalue weighted by molar-refractivity contribution is 6.30. The fourth-order valence-electron chi connectivity index (χ4n) is 1.50. The summed E-state index contributed by atoms with van der Waals surface area (Å²) < 4.78 is 18.6. The molecule has 0 saturated heterocycles. The van der Waals surface area contributed by atoms with Gasteiger partial charge in [0.05, 0.1) is 16.8 Å². The molecule has 1 N–H and O–H groups in total. The molecule has 6 heteroatoms.